The fraction of sp³-hybridized carbons (Fsp3) is 0.200. The maximum atomic E-state index is 5.46. The molecule has 0 unspecified atom stereocenters. The van der Waals surface area contributed by atoms with E-state index in [0.29, 0.717) is 0 Å². The van der Waals surface area contributed by atoms with Crippen molar-refractivity contribution in [3.8, 4) is 0 Å². The molecule has 0 aliphatic rings. The summed E-state index contributed by atoms with van der Waals surface area (Å²) in [6, 6.07) is 14.3. The van der Waals surface area contributed by atoms with Crippen LogP contribution in [-0.2, 0) is 6.54 Å². The molecular weight excluding hydrogens is 210 g/mol. The molecule has 2 nitrogen and oxygen atoms in total. The Morgan fingerprint density at radius 1 is 1.12 bits per heavy atom. The first-order valence-electron chi connectivity index (χ1n) is 5.82. The Kier molecular flexibility index (Phi) is 4.17. The molecule has 0 saturated carbocycles. The largest absolute Gasteiger partial charge is 0.465 e. The smallest absolute Gasteiger partial charge is 0.117 e. The second kappa shape index (κ2) is 6.06. The van der Waals surface area contributed by atoms with Gasteiger partial charge in [0.2, 0.25) is 0 Å². The lowest BCUT2D eigenvalue weighted by Crippen LogP contribution is -2.11. The SMILES string of the molecule is Cc1ccc(CNCC=Cc2ccccc2)o1. The van der Waals surface area contributed by atoms with Gasteiger partial charge in [0.25, 0.3) is 0 Å². The quantitative estimate of drug-likeness (QED) is 0.792. The highest BCUT2D eigenvalue weighted by Gasteiger charge is 1.95. The van der Waals surface area contributed by atoms with Gasteiger partial charge < -0.3 is 9.73 Å². The molecule has 1 N–H and O–H groups in total. The van der Waals surface area contributed by atoms with E-state index in [0.717, 1.165) is 24.6 Å². The third-order valence-electron chi connectivity index (χ3n) is 2.47. The molecule has 1 heterocycles. The zero-order valence-electron chi connectivity index (χ0n) is 10.0. The highest BCUT2D eigenvalue weighted by atomic mass is 16.3. The van der Waals surface area contributed by atoms with E-state index >= 15 is 0 Å². The zero-order valence-corrected chi connectivity index (χ0v) is 10.0. The van der Waals surface area contributed by atoms with Crippen LogP contribution in [0.5, 0.6) is 0 Å². The first-order chi connectivity index (χ1) is 8.34. The summed E-state index contributed by atoms with van der Waals surface area (Å²) >= 11 is 0. The Balaban J connectivity index is 1.71. The average molecular weight is 227 g/mol. The summed E-state index contributed by atoms with van der Waals surface area (Å²) in [5, 5.41) is 3.30. The minimum Gasteiger partial charge on any atom is -0.465 e. The zero-order chi connectivity index (χ0) is 11.9. The van der Waals surface area contributed by atoms with Crippen LogP contribution in [0.2, 0.25) is 0 Å². The summed E-state index contributed by atoms with van der Waals surface area (Å²) in [6.45, 7) is 3.57. The van der Waals surface area contributed by atoms with Crippen LogP contribution < -0.4 is 5.32 Å². The Morgan fingerprint density at radius 3 is 2.65 bits per heavy atom. The molecule has 88 valence electrons. The Bertz CT molecular complexity index is 471. The van der Waals surface area contributed by atoms with Crippen molar-refractivity contribution >= 4 is 6.08 Å². The molecule has 0 saturated heterocycles. The maximum absolute atomic E-state index is 5.46. The van der Waals surface area contributed by atoms with E-state index in [1.54, 1.807) is 0 Å². The van der Waals surface area contributed by atoms with Gasteiger partial charge in [0.15, 0.2) is 0 Å². The highest BCUT2D eigenvalue weighted by molar-refractivity contribution is 5.48. The molecule has 0 aliphatic heterocycles. The van der Waals surface area contributed by atoms with Crippen molar-refractivity contribution in [2.45, 2.75) is 13.5 Å². The summed E-state index contributed by atoms with van der Waals surface area (Å²) in [5.74, 6) is 1.94. The van der Waals surface area contributed by atoms with Crippen molar-refractivity contribution in [3.05, 3.63) is 65.6 Å². The number of rotatable bonds is 5. The molecule has 17 heavy (non-hydrogen) atoms. The van der Waals surface area contributed by atoms with Gasteiger partial charge in [-0.15, -0.1) is 0 Å². The van der Waals surface area contributed by atoms with E-state index in [1.165, 1.54) is 5.56 Å². The second-order valence-electron chi connectivity index (χ2n) is 3.96. The van der Waals surface area contributed by atoms with Gasteiger partial charge in [-0.25, -0.2) is 0 Å². The summed E-state index contributed by atoms with van der Waals surface area (Å²) < 4.78 is 5.46. The Labute approximate surface area is 102 Å². The van der Waals surface area contributed by atoms with Gasteiger partial charge in [-0.2, -0.15) is 0 Å². The third kappa shape index (κ3) is 3.93. The lowest BCUT2D eigenvalue weighted by molar-refractivity contribution is 0.468. The van der Waals surface area contributed by atoms with Crippen molar-refractivity contribution in [2.24, 2.45) is 0 Å². The highest BCUT2D eigenvalue weighted by Crippen LogP contribution is 2.05. The molecule has 0 aliphatic carbocycles. The van der Waals surface area contributed by atoms with Crippen molar-refractivity contribution in [3.63, 3.8) is 0 Å². The lowest BCUT2D eigenvalue weighted by atomic mass is 10.2. The minimum atomic E-state index is 0.771. The third-order valence-corrected chi connectivity index (χ3v) is 2.47. The van der Waals surface area contributed by atoms with Gasteiger partial charge in [0.05, 0.1) is 6.54 Å². The fourth-order valence-electron chi connectivity index (χ4n) is 1.62. The fourth-order valence-corrected chi connectivity index (χ4v) is 1.62. The molecule has 0 bridgehead atoms. The van der Waals surface area contributed by atoms with Crippen molar-refractivity contribution in [2.75, 3.05) is 6.54 Å². The van der Waals surface area contributed by atoms with Gasteiger partial charge >= 0.3 is 0 Å². The van der Waals surface area contributed by atoms with Crippen LogP contribution in [0.4, 0.5) is 0 Å². The number of hydrogen-bond acceptors (Lipinski definition) is 2. The van der Waals surface area contributed by atoms with Crippen LogP contribution >= 0.6 is 0 Å². The van der Waals surface area contributed by atoms with Crippen molar-refractivity contribution in [1.82, 2.24) is 5.32 Å². The van der Waals surface area contributed by atoms with Gasteiger partial charge in [0.1, 0.15) is 11.5 Å². The predicted molar refractivity (Wildman–Crippen MR) is 70.6 cm³/mol. The molecule has 2 rings (SSSR count). The number of benzene rings is 1. The minimum absolute atomic E-state index is 0.771. The molecular formula is C15H17NO. The molecule has 0 amide bonds. The molecule has 1 aromatic heterocycles. The van der Waals surface area contributed by atoms with Crippen LogP contribution in [-0.4, -0.2) is 6.54 Å². The molecule has 2 aromatic rings. The van der Waals surface area contributed by atoms with E-state index in [-0.39, 0.29) is 0 Å². The van der Waals surface area contributed by atoms with E-state index in [9.17, 15) is 0 Å². The summed E-state index contributed by atoms with van der Waals surface area (Å²) in [6.07, 6.45) is 4.23. The average Bonchev–Trinajstić information content (AvgIpc) is 2.76. The van der Waals surface area contributed by atoms with E-state index in [4.69, 9.17) is 4.42 Å². The van der Waals surface area contributed by atoms with Crippen molar-refractivity contribution < 1.29 is 4.42 Å². The van der Waals surface area contributed by atoms with E-state index in [1.807, 2.05) is 37.3 Å². The number of furan rings is 1. The topological polar surface area (TPSA) is 25.2 Å². The number of nitrogens with one attached hydrogen (secondary N) is 1. The molecule has 0 atom stereocenters. The van der Waals surface area contributed by atoms with Crippen LogP contribution in [0.15, 0.2) is 53.0 Å². The summed E-state index contributed by atoms with van der Waals surface area (Å²) in [7, 11) is 0. The normalized spacial score (nSPS) is 11.1. The van der Waals surface area contributed by atoms with E-state index < -0.39 is 0 Å². The Hall–Kier alpha value is -1.80. The van der Waals surface area contributed by atoms with Crippen molar-refractivity contribution in [1.29, 1.82) is 0 Å². The summed E-state index contributed by atoms with van der Waals surface area (Å²) in [4.78, 5) is 0. The van der Waals surface area contributed by atoms with Crippen LogP contribution in [0.1, 0.15) is 17.1 Å². The molecule has 0 fully saturated rings. The van der Waals surface area contributed by atoms with Gasteiger partial charge in [-0.05, 0) is 24.6 Å². The maximum Gasteiger partial charge on any atom is 0.117 e. The predicted octanol–water partition coefficient (Wildman–Crippen LogP) is 3.39. The first kappa shape index (κ1) is 11.7. The van der Waals surface area contributed by atoms with Crippen LogP contribution in [0.25, 0.3) is 6.08 Å². The molecule has 2 heteroatoms. The molecule has 0 radical (unpaired) electrons. The lowest BCUT2D eigenvalue weighted by Gasteiger charge is -1.97. The standard InChI is InChI=1S/C15H17NO/c1-13-9-10-15(17-13)12-16-11-5-8-14-6-3-2-4-7-14/h2-10,16H,11-12H2,1H3. The van der Waals surface area contributed by atoms with Gasteiger partial charge in [-0.1, -0.05) is 42.5 Å². The van der Waals surface area contributed by atoms with Crippen LogP contribution in [0.3, 0.4) is 0 Å². The molecule has 0 spiro atoms. The van der Waals surface area contributed by atoms with Gasteiger partial charge in [-0.3, -0.25) is 0 Å². The number of aryl methyl sites for hydroxylation is 1. The summed E-state index contributed by atoms with van der Waals surface area (Å²) in [5.41, 5.74) is 1.23. The monoisotopic (exact) mass is 227 g/mol. The Morgan fingerprint density at radius 2 is 1.94 bits per heavy atom. The van der Waals surface area contributed by atoms with Crippen LogP contribution in [0, 0.1) is 6.92 Å². The molecule has 1 aromatic carbocycles. The van der Waals surface area contributed by atoms with Gasteiger partial charge in [0, 0.05) is 6.54 Å². The van der Waals surface area contributed by atoms with E-state index in [2.05, 4.69) is 29.6 Å². The first-order valence-corrected chi connectivity index (χ1v) is 5.82. The number of hydrogen-bond donors (Lipinski definition) is 1. The second-order valence-corrected chi connectivity index (χ2v) is 3.96.